The maximum absolute atomic E-state index is 14.1. The van der Waals surface area contributed by atoms with E-state index in [-0.39, 0.29) is 5.69 Å². The molecule has 0 aliphatic carbocycles. The number of benzene rings is 1. The predicted octanol–water partition coefficient (Wildman–Crippen LogP) is 3.65. The van der Waals surface area contributed by atoms with E-state index in [0.717, 1.165) is 30.1 Å². The van der Waals surface area contributed by atoms with Gasteiger partial charge in [0, 0.05) is 7.05 Å². The largest absolute Gasteiger partial charge is 0.327 e. The number of imidazole rings is 1. The van der Waals surface area contributed by atoms with Crippen molar-refractivity contribution < 1.29 is 8.78 Å². The minimum atomic E-state index is -0.923. The Kier molecular flexibility index (Phi) is 3.36. The van der Waals surface area contributed by atoms with Gasteiger partial charge in [0.2, 0.25) is 0 Å². The quantitative estimate of drug-likeness (QED) is 0.750. The molecule has 4 nitrogen and oxygen atoms in total. The molecule has 0 saturated heterocycles. The molecule has 0 amide bonds. The van der Waals surface area contributed by atoms with Crippen LogP contribution in [-0.2, 0) is 13.5 Å². The van der Waals surface area contributed by atoms with Gasteiger partial charge in [-0.05, 0) is 30.8 Å². The van der Waals surface area contributed by atoms with Gasteiger partial charge in [0.15, 0.2) is 22.1 Å². The van der Waals surface area contributed by atoms with Crippen molar-refractivity contribution in [1.82, 2.24) is 19.3 Å². The van der Waals surface area contributed by atoms with E-state index in [2.05, 4.69) is 17.0 Å². The third-order valence-electron chi connectivity index (χ3n) is 3.40. The van der Waals surface area contributed by atoms with Crippen LogP contribution in [0.25, 0.3) is 16.9 Å². The first kappa shape index (κ1) is 13.9. The number of nitrogens with zero attached hydrogens (tertiary/aromatic N) is 3. The van der Waals surface area contributed by atoms with E-state index >= 15 is 0 Å². The van der Waals surface area contributed by atoms with Crippen molar-refractivity contribution in [2.75, 3.05) is 0 Å². The molecule has 0 aliphatic heterocycles. The summed E-state index contributed by atoms with van der Waals surface area (Å²) in [6.45, 7) is 2.05. The number of H-pyrrole nitrogens is 1. The molecule has 21 heavy (non-hydrogen) atoms. The summed E-state index contributed by atoms with van der Waals surface area (Å²) in [6, 6.07) is 4.03. The SMILES string of the molecule is CCCc1nn(C)c2c1[nH]c(=S)n2-c1cccc(F)c1F. The minimum Gasteiger partial charge on any atom is -0.327 e. The van der Waals surface area contributed by atoms with E-state index in [4.69, 9.17) is 12.2 Å². The van der Waals surface area contributed by atoms with Gasteiger partial charge >= 0.3 is 0 Å². The molecule has 3 rings (SSSR count). The van der Waals surface area contributed by atoms with Crippen molar-refractivity contribution in [1.29, 1.82) is 0 Å². The fourth-order valence-corrected chi connectivity index (χ4v) is 2.80. The number of fused-ring (bicyclic) bond motifs is 1. The molecule has 0 radical (unpaired) electrons. The molecular weight excluding hydrogens is 294 g/mol. The van der Waals surface area contributed by atoms with Crippen LogP contribution in [0.3, 0.4) is 0 Å². The van der Waals surface area contributed by atoms with Crippen LogP contribution in [0.5, 0.6) is 0 Å². The maximum atomic E-state index is 14.1. The number of rotatable bonds is 3. The normalized spacial score (nSPS) is 11.4. The lowest BCUT2D eigenvalue weighted by Crippen LogP contribution is -2.04. The van der Waals surface area contributed by atoms with E-state index in [9.17, 15) is 8.78 Å². The van der Waals surface area contributed by atoms with Crippen molar-refractivity contribution in [3.8, 4) is 5.69 Å². The molecule has 1 N–H and O–H groups in total. The number of nitrogens with one attached hydrogen (secondary N) is 1. The average Bonchev–Trinajstić information content (AvgIpc) is 2.92. The summed E-state index contributed by atoms with van der Waals surface area (Å²) in [7, 11) is 1.76. The first-order valence-corrected chi connectivity index (χ1v) is 7.06. The fourth-order valence-electron chi connectivity index (χ4n) is 2.51. The van der Waals surface area contributed by atoms with Gasteiger partial charge in [0.1, 0.15) is 5.52 Å². The lowest BCUT2D eigenvalue weighted by molar-refractivity contribution is 0.504. The van der Waals surface area contributed by atoms with Crippen molar-refractivity contribution in [2.45, 2.75) is 19.8 Å². The molecule has 0 bridgehead atoms. The maximum Gasteiger partial charge on any atom is 0.184 e. The van der Waals surface area contributed by atoms with Crippen molar-refractivity contribution >= 4 is 23.4 Å². The minimum absolute atomic E-state index is 0.0808. The van der Waals surface area contributed by atoms with E-state index in [0.29, 0.717) is 10.4 Å². The fraction of sp³-hybridized carbons (Fsp3) is 0.286. The van der Waals surface area contributed by atoms with Gasteiger partial charge in [-0.3, -0.25) is 4.57 Å². The Morgan fingerprint density at radius 2 is 2.10 bits per heavy atom. The average molecular weight is 308 g/mol. The first-order valence-electron chi connectivity index (χ1n) is 6.65. The highest BCUT2D eigenvalue weighted by Gasteiger charge is 2.19. The third-order valence-corrected chi connectivity index (χ3v) is 3.68. The topological polar surface area (TPSA) is 38.5 Å². The smallest absolute Gasteiger partial charge is 0.184 e. The lowest BCUT2D eigenvalue weighted by atomic mass is 10.2. The van der Waals surface area contributed by atoms with Crippen LogP contribution in [0.15, 0.2) is 18.2 Å². The number of aromatic nitrogens is 4. The molecule has 2 aromatic heterocycles. The van der Waals surface area contributed by atoms with E-state index in [1.54, 1.807) is 11.7 Å². The van der Waals surface area contributed by atoms with Crippen molar-refractivity contribution in [3.63, 3.8) is 0 Å². The molecule has 0 saturated carbocycles. The number of halogens is 2. The monoisotopic (exact) mass is 308 g/mol. The molecule has 3 aromatic rings. The zero-order valence-corrected chi connectivity index (χ0v) is 12.5. The predicted molar refractivity (Wildman–Crippen MR) is 79.1 cm³/mol. The number of aromatic amines is 1. The van der Waals surface area contributed by atoms with Crippen LogP contribution in [0.2, 0.25) is 0 Å². The molecule has 1 aromatic carbocycles. The second kappa shape index (κ2) is 5.07. The molecule has 0 aliphatic rings. The molecule has 110 valence electrons. The molecule has 7 heteroatoms. The summed E-state index contributed by atoms with van der Waals surface area (Å²) in [4.78, 5) is 3.05. The molecule has 0 atom stereocenters. The summed E-state index contributed by atoms with van der Waals surface area (Å²) in [5.74, 6) is -1.83. The van der Waals surface area contributed by atoms with Gasteiger partial charge < -0.3 is 4.98 Å². The molecule has 0 spiro atoms. The Morgan fingerprint density at radius 3 is 2.81 bits per heavy atom. The summed E-state index contributed by atoms with van der Waals surface area (Å²) in [5, 5.41) is 4.42. The molecule has 0 unspecified atom stereocenters. The number of aryl methyl sites for hydroxylation is 2. The van der Waals surface area contributed by atoms with Crippen LogP contribution in [0, 0.1) is 16.4 Å². The first-order chi connectivity index (χ1) is 10.0. The van der Waals surface area contributed by atoms with Crippen molar-refractivity contribution in [2.24, 2.45) is 7.05 Å². The van der Waals surface area contributed by atoms with Crippen LogP contribution in [-0.4, -0.2) is 19.3 Å². The van der Waals surface area contributed by atoms with Crippen LogP contribution < -0.4 is 0 Å². The summed E-state index contributed by atoms with van der Waals surface area (Å²) in [5.41, 5.74) is 2.36. The van der Waals surface area contributed by atoms with Crippen LogP contribution in [0.4, 0.5) is 8.78 Å². The molecule has 2 heterocycles. The second-order valence-electron chi connectivity index (χ2n) is 4.86. The Labute approximate surface area is 125 Å². The highest BCUT2D eigenvalue weighted by atomic mass is 32.1. The summed E-state index contributed by atoms with van der Waals surface area (Å²) < 4.78 is 31.0. The Bertz CT molecular complexity index is 875. The molecular formula is C14H14F2N4S. The lowest BCUT2D eigenvalue weighted by Gasteiger charge is -2.06. The van der Waals surface area contributed by atoms with Gasteiger partial charge in [-0.15, -0.1) is 0 Å². The number of hydrogen-bond donors (Lipinski definition) is 1. The summed E-state index contributed by atoms with van der Waals surface area (Å²) >= 11 is 5.27. The van der Waals surface area contributed by atoms with Gasteiger partial charge in [0.05, 0.1) is 11.4 Å². The van der Waals surface area contributed by atoms with E-state index in [1.165, 1.54) is 16.7 Å². The standard InChI is InChI=1S/C14H14F2N4S/c1-3-5-9-12-13(19(2)18-9)20(14(21)17-12)10-7-4-6-8(15)11(10)16/h4,6-7H,3,5H2,1-2H3,(H,17,21). The van der Waals surface area contributed by atoms with E-state index in [1.807, 2.05) is 0 Å². The third kappa shape index (κ3) is 2.08. The zero-order valence-electron chi connectivity index (χ0n) is 11.7. The van der Waals surface area contributed by atoms with Gasteiger partial charge in [0.25, 0.3) is 0 Å². The van der Waals surface area contributed by atoms with E-state index < -0.39 is 11.6 Å². The van der Waals surface area contributed by atoms with Gasteiger partial charge in [-0.2, -0.15) is 5.10 Å². The second-order valence-corrected chi connectivity index (χ2v) is 5.24. The summed E-state index contributed by atoms with van der Waals surface area (Å²) in [6.07, 6.45) is 1.73. The molecule has 0 fully saturated rings. The highest BCUT2D eigenvalue weighted by Crippen LogP contribution is 2.25. The Morgan fingerprint density at radius 1 is 1.33 bits per heavy atom. The highest BCUT2D eigenvalue weighted by molar-refractivity contribution is 7.71. The number of hydrogen-bond acceptors (Lipinski definition) is 2. The Balaban J connectivity index is 2.35. The Hall–Kier alpha value is -2.02. The zero-order chi connectivity index (χ0) is 15.1. The van der Waals surface area contributed by atoms with Crippen LogP contribution in [0.1, 0.15) is 19.0 Å². The van der Waals surface area contributed by atoms with Crippen LogP contribution >= 0.6 is 12.2 Å². The van der Waals surface area contributed by atoms with Crippen molar-refractivity contribution in [3.05, 3.63) is 40.3 Å². The van der Waals surface area contributed by atoms with Gasteiger partial charge in [-0.1, -0.05) is 19.4 Å². The van der Waals surface area contributed by atoms with Gasteiger partial charge in [-0.25, -0.2) is 13.5 Å².